The molecule has 0 saturated carbocycles. The number of carbonyl (C=O) groups is 4. The molecule has 0 aromatic rings. The summed E-state index contributed by atoms with van der Waals surface area (Å²) >= 11 is 5.16. The Labute approximate surface area is 159 Å². The van der Waals surface area contributed by atoms with Crippen LogP contribution in [0.1, 0.15) is 13.8 Å². The molecule has 10 heteroatoms. The van der Waals surface area contributed by atoms with Gasteiger partial charge in [-0.25, -0.2) is 0 Å². The van der Waals surface area contributed by atoms with E-state index in [1.165, 1.54) is 13.8 Å². The Morgan fingerprint density at radius 3 is 1.46 bits per heavy atom. The van der Waals surface area contributed by atoms with Crippen LogP contribution in [0.4, 0.5) is 0 Å². The molecule has 0 aliphatic carbocycles. The van der Waals surface area contributed by atoms with Crippen molar-refractivity contribution in [3.05, 3.63) is 10.8 Å². The Bertz CT molecular complexity index is 418. The van der Waals surface area contributed by atoms with Gasteiger partial charge in [0.15, 0.2) is 10.2 Å². The van der Waals surface area contributed by atoms with Crippen molar-refractivity contribution < 1.29 is 19.2 Å². The number of nitrogens with one attached hydrogen (secondary N) is 2. The fraction of sp³-hybridized carbons (Fsp3) is 0.571. The van der Waals surface area contributed by atoms with Crippen LogP contribution < -0.4 is 10.6 Å². The minimum absolute atomic E-state index is 0.0618. The number of thioether (sulfide) groups is 4. The molecule has 0 aliphatic heterocycles. The summed E-state index contributed by atoms with van der Waals surface area (Å²) in [5.74, 6) is 1.59. The molecule has 0 radical (unpaired) electrons. The highest BCUT2D eigenvalue weighted by molar-refractivity contribution is 8.14. The van der Waals surface area contributed by atoms with Gasteiger partial charge in [0, 0.05) is 38.4 Å². The second-order valence-electron chi connectivity index (χ2n) is 4.27. The van der Waals surface area contributed by atoms with E-state index in [1.807, 2.05) is 10.8 Å². The molecule has 0 aromatic carbocycles. The van der Waals surface area contributed by atoms with Gasteiger partial charge in [-0.2, -0.15) is 0 Å². The van der Waals surface area contributed by atoms with Gasteiger partial charge in [0.05, 0.1) is 11.5 Å². The van der Waals surface area contributed by atoms with Crippen LogP contribution in [0.5, 0.6) is 0 Å². The van der Waals surface area contributed by atoms with Gasteiger partial charge in [0.1, 0.15) is 0 Å². The maximum absolute atomic E-state index is 11.3. The summed E-state index contributed by atoms with van der Waals surface area (Å²) in [5.41, 5.74) is 0. The second kappa shape index (κ2) is 15.9. The number of carbonyl (C=O) groups excluding carboxylic acids is 4. The molecule has 136 valence electrons. The highest BCUT2D eigenvalue weighted by atomic mass is 32.2. The van der Waals surface area contributed by atoms with Crippen molar-refractivity contribution in [2.45, 2.75) is 13.8 Å². The summed E-state index contributed by atoms with van der Waals surface area (Å²) in [4.78, 5) is 44.0. The van der Waals surface area contributed by atoms with Gasteiger partial charge in [-0.1, -0.05) is 23.5 Å². The molecular formula is C14H22N2O4S4. The molecule has 24 heavy (non-hydrogen) atoms. The molecule has 0 aliphatic rings. The van der Waals surface area contributed by atoms with E-state index in [0.29, 0.717) is 13.1 Å². The third-order valence-electron chi connectivity index (χ3n) is 2.15. The van der Waals surface area contributed by atoms with E-state index in [2.05, 4.69) is 10.6 Å². The lowest BCUT2D eigenvalue weighted by Gasteiger charge is -2.03. The lowest BCUT2D eigenvalue weighted by atomic mass is 10.6. The van der Waals surface area contributed by atoms with Crippen LogP contribution in [0.25, 0.3) is 0 Å². The summed E-state index contributed by atoms with van der Waals surface area (Å²) in [5, 5.41) is 9.22. The molecule has 2 N–H and O–H groups in total. The molecule has 0 heterocycles. The molecule has 0 bridgehead atoms. The molecule has 0 atom stereocenters. The van der Waals surface area contributed by atoms with Crippen LogP contribution in [-0.2, 0) is 19.2 Å². The summed E-state index contributed by atoms with van der Waals surface area (Å²) in [6.07, 6.45) is 0. The van der Waals surface area contributed by atoms with Crippen molar-refractivity contribution in [2.24, 2.45) is 0 Å². The van der Waals surface area contributed by atoms with Gasteiger partial charge in [-0.15, -0.1) is 23.5 Å². The van der Waals surface area contributed by atoms with Crippen LogP contribution in [0.3, 0.4) is 0 Å². The van der Waals surface area contributed by atoms with Crippen molar-refractivity contribution in [1.82, 2.24) is 10.6 Å². The highest BCUT2D eigenvalue weighted by Gasteiger charge is 2.03. The average molecular weight is 411 g/mol. The van der Waals surface area contributed by atoms with E-state index in [9.17, 15) is 19.2 Å². The van der Waals surface area contributed by atoms with Crippen LogP contribution >= 0.6 is 47.0 Å². The first-order valence-corrected chi connectivity index (χ1v) is 11.2. The average Bonchev–Trinajstić information content (AvgIpc) is 2.52. The summed E-state index contributed by atoms with van der Waals surface area (Å²) in [7, 11) is 0. The van der Waals surface area contributed by atoms with E-state index in [-0.39, 0.29) is 33.6 Å². The lowest BCUT2D eigenvalue weighted by Crippen LogP contribution is -2.27. The topological polar surface area (TPSA) is 92.3 Å². The van der Waals surface area contributed by atoms with Crippen molar-refractivity contribution in [3.63, 3.8) is 0 Å². The maximum Gasteiger partial charge on any atom is 0.230 e. The third kappa shape index (κ3) is 17.8. The molecule has 0 rings (SSSR count). The predicted octanol–water partition coefficient (Wildman–Crippen LogP) is 1.72. The fourth-order valence-corrected chi connectivity index (χ4v) is 3.36. The second-order valence-corrected chi connectivity index (χ2v) is 8.61. The fourth-order valence-electron chi connectivity index (χ4n) is 1.15. The monoisotopic (exact) mass is 410 g/mol. The van der Waals surface area contributed by atoms with Gasteiger partial charge in [0.25, 0.3) is 0 Å². The zero-order valence-electron chi connectivity index (χ0n) is 13.7. The van der Waals surface area contributed by atoms with E-state index >= 15 is 0 Å². The number of hydrogen-bond acceptors (Lipinski definition) is 8. The zero-order chi connectivity index (χ0) is 18.2. The molecule has 0 unspecified atom stereocenters. The largest absolute Gasteiger partial charge is 0.355 e. The van der Waals surface area contributed by atoms with Crippen molar-refractivity contribution in [1.29, 1.82) is 0 Å². The molecule has 0 spiro atoms. The zero-order valence-corrected chi connectivity index (χ0v) is 16.9. The van der Waals surface area contributed by atoms with Gasteiger partial charge in [0.2, 0.25) is 11.8 Å². The Hall–Kier alpha value is -0.580. The van der Waals surface area contributed by atoms with Gasteiger partial charge in [-0.05, 0) is 10.8 Å². The molecular weight excluding hydrogens is 388 g/mol. The van der Waals surface area contributed by atoms with Crippen LogP contribution in [0, 0.1) is 0 Å². The first-order chi connectivity index (χ1) is 11.4. The van der Waals surface area contributed by atoms with Crippen LogP contribution in [0.2, 0.25) is 0 Å². The van der Waals surface area contributed by atoms with E-state index < -0.39 is 0 Å². The van der Waals surface area contributed by atoms with Crippen molar-refractivity contribution in [2.75, 3.05) is 36.1 Å². The minimum atomic E-state index is -0.132. The van der Waals surface area contributed by atoms with Crippen molar-refractivity contribution in [3.8, 4) is 0 Å². The van der Waals surface area contributed by atoms with E-state index in [1.54, 1.807) is 23.5 Å². The smallest absolute Gasteiger partial charge is 0.230 e. The number of hydrogen-bond donors (Lipinski definition) is 2. The normalized spacial score (nSPS) is 10.6. The third-order valence-corrected chi connectivity index (χ3v) is 5.48. The lowest BCUT2D eigenvalue weighted by molar-refractivity contribution is -0.119. The molecule has 2 amide bonds. The van der Waals surface area contributed by atoms with Gasteiger partial charge in [-0.3, -0.25) is 19.2 Å². The molecule has 6 nitrogen and oxygen atoms in total. The minimum Gasteiger partial charge on any atom is -0.355 e. The summed E-state index contributed by atoms with van der Waals surface area (Å²) in [6.45, 7) is 3.99. The SMILES string of the molecule is CC(=O)SCC(=O)NCCSC=CSCCNC(=O)CSC(C)=O. The Morgan fingerprint density at radius 1 is 0.750 bits per heavy atom. The number of rotatable bonds is 12. The first kappa shape index (κ1) is 23.4. The standard InChI is InChI=1S/C14H22N2O4S4/c1-11(17)23-9-13(19)15-3-5-21-7-8-22-6-4-16-14(20)10-24-12(2)18/h7-8H,3-6,9-10H2,1-2H3,(H,15,19)(H,16,20). The van der Waals surface area contributed by atoms with Crippen LogP contribution in [0.15, 0.2) is 10.8 Å². The molecule has 0 aromatic heterocycles. The summed E-state index contributed by atoms with van der Waals surface area (Å²) < 4.78 is 0. The number of amides is 2. The van der Waals surface area contributed by atoms with Gasteiger partial charge < -0.3 is 10.6 Å². The Kier molecular flexibility index (Phi) is 15.5. The predicted molar refractivity (Wildman–Crippen MR) is 106 cm³/mol. The maximum atomic E-state index is 11.3. The Morgan fingerprint density at radius 2 is 1.12 bits per heavy atom. The van der Waals surface area contributed by atoms with Crippen LogP contribution in [-0.4, -0.2) is 58.1 Å². The van der Waals surface area contributed by atoms with E-state index in [0.717, 1.165) is 35.0 Å². The quantitative estimate of drug-likeness (QED) is 0.470. The van der Waals surface area contributed by atoms with E-state index in [4.69, 9.17) is 0 Å². The molecule has 0 saturated heterocycles. The van der Waals surface area contributed by atoms with Crippen molar-refractivity contribution >= 4 is 69.1 Å². The Balaban J connectivity index is 3.41. The molecule has 0 fully saturated rings. The highest BCUT2D eigenvalue weighted by Crippen LogP contribution is 2.08. The van der Waals surface area contributed by atoms with Gasteiger partial charge >= 0.3 is 0 Å². The summed E-state index contributed by atoms with van der Waals surface area (Å²) in [6, 6.07) is 0. The first-order valence-electron chi connectivity index (χ1n) is 7.10.